The number of rotatable bonds is 5. The van der Waals surface area contributed by atoms with Crippen molar-refractivity contribution in [2.75, 3.05) is 26.3 Å². The first kappa shape index (κ1) is 20.8. The minimum Gasteiger partial charge on any atom is -0.494 e. The Labute approximate surface area is 177 Å². The van der Waals surface area contributed by atoms with Crippen LogP contribution in [0.2, 0.25) is 0 Å². The topological polar surface area (TPSA) is 56.6 Å². The number of aryl methyl sites for hydroxylation is 2. The normalized spacial score (nSPS) is 21.0. The van der Waals surface area contributed by atoms with E-state index in [1.807, 2.05) is 24.9 Å². The second-order valence-electron chi connectivity index (χ2n) is 8.57. The van der Waals surface area contributed by atoms with Gasteiger partial charge in [0.15, 0.2) is 5.69 Å². The van der Waals surface area contributed by atoms with Gasteiger partial charge in [0, 0.05) is 32.4 Å². The zero-order valence-electron chi connectivity index (χ0n) is 17.8. The van der Waals surface area contributed by atoms with Crippen molar-refractivity contribution in [1.82, 2.24) is 14.7 Å². The molecule has 1 aromatic heterocycles. The minimum atomic E-state index is -0.253. The number of benzene rings is 1. The number of ether oxygens (including phenoxy) is 2. The van der Waals surface area contributed by atoms with E-state index in [9.17, 15) is 9.18 Å². The van der Waals surface area contributed by atoms with E-state index in [2.05, 4.69) is 5.10 Å². The van der Waals surface area contributed by atoms with Crippen molar-refractivity contribution in [3.8, 4) is 5.75 Å². The summed E-state index contributed by atoms with van der Waals surface area (Å²) in [5.41, 5.74) is 1.37. The Morgan fingerprint density at radius 2 is 2.03 bits per heavy atom. The van der Waals surface area contributed by atoms with Crippen LogP contribution < -0.4 is 4.74 Å². The van der Waals surface area contributed by atoms with E-state index in [0.717, 1.165) is 44.4 Å². The molecule has 1 amide bonds. The molecule has 162 valence electrons. The average molecular weight is 416 g/mol. The fourth-order valence-corrected chi connectivity index (χ4v) is 4.54. The molecule has 2 aromatic rings. The molecule has 0 radical (unpaired) electrons. The highest BCUT2D eigenvalue weighted by Gasteiger charge is 2.41. The van der Waals surface area contributed by atoms with Crippen molar-refractivity contribution < 1.29 is 18.7 Å². The van der Waals surface area contributed by atoms with Crippen molar-refractivity contribution in [1.29, 1.82) is 0 Å². The van der Waals surface area contributed by atoms with Crippen LogP contribution >= 0.6 is 0 Å². The molecule has 1 spiro atoms. The lowest BCUT2D eigenvalue weighted by molar-refractivity contribution is -0.125. The van der Waals surface area contributed by atoms with Gasteiger partial charge in [0.1, 0.15) is 11.6 Å². The van der Waals surface area contributed by atoms with Gasteiger partial charge in [0.2, 0.25) is 0 Å². The van der Waals surface area contributed by atoms with E-state index in [1.54, 1.807) is 16.8 Å². The molecule has 1 atom stereocenters. The van der Waals surface area contributed by atoms with Crippen LogP contribution in [0.4, 0.5) is 4.39 Å². The number of hydrogen-bond donors (Lipinski definition) is 0. The zero-order chi connectivity index (χ0) is 21.1. The van der Waals surface area contributed by atoms with Crippen LogP contribution in [0.25, 0.3) is 0 Å². The summed E-state index contributed by atoms with van der Waals surface area (Å²) in [4.78, 5) is 14.7. The van der Waals surface area contributed by atoms with Gasteiger partial charge < -0.3 is 14.4 Å². The van der Waals surface area contributed by atoms with Crippen molar-refractivity contribution in [2.24, 2.45) is 13.0 Å². The maximum atomic E-state index is 13.0. The van der Waals surface area contributed by atoms with Gasteiger partial charge in [-0.3, -0.25) is 9.48 Å². The molecule has 30 heavy (non-hydrogen) atoms. The number of aromatic nitrogens is 2. The second kappa shape index (κ2) is 8.76. The summed E-state index contributed by atoms with van der Waals surface area (Å²) in [6.45, 7) is 4.73. The summed E-state index contributed by atoms with van der Waals surface area (Å²) < 4.78 is 26.7. The Balaban J connectivity index is 1.27. The Morgan fingerprint density at radius 3 is 2.70 bits per heavy atom. The molecular weight excluding hydrogens is 385 g/mol. The summed E-state index contributed by atoms with van der Waals surface area (Å²) in [6.07, 6.45) is 4.72. The molecule has 4 rings (SSSR count). The number of piperidine rings is 1. The first-order valence-electron chi connectivity index (χ1n) is 10.8. The number of carbonyl (C=O) groups is 1. The van der Waals surface area contributed by atoms with Crippen molar-refractivity contribution in [3.05, 3.63) is 47.5 Å². The lowest BCUT2D eigenvalue weighted by atomic mass is 9.78. The molecule has 7 heteroatoms. The first-order valence-corrected chi connectivity index (χ1v) is 10.8. The smallest absolute Gasteiger partial charge is 0.274 e. The molecule has 0 saturated carbocycles. The molecular formula is C23H30FN3O3. The van der Waals surface area contributed by atoms with Crippen LogP contribution in [-0.4, -0.2) is 52.5 Å². The van der Waals surface area contributed by atoms with E-state index in [1.165, 1.54) is 12.1 Å². The van der Waals surface area contributed by atoms with Gasteiger partial charge in [-0.25, -0.2) is 4.39 Å². The van der Waals surface area contributed by atoms with Gasteiger partial charge in [0.05, 0.1) is 12.2 Å². The molecule has 1 aromatic carbocycles. The SMILES string of the molecule is Cc1cc(C(=O)N2CCC3(CC2)CC(CCOc2ccc(F)cc2)CCO3)nn1C. The number of likely N-dealkylation sites (tertiary alicyclic amines) is 1. The van der Waals surface area contributed by atoms with E-state index < -0.39 is 0 Å². The third kappa shape index (κ3) is 4.67. The molecule has 3 heterocycles. The molecule has 0 bridgehead atoms. The molecule has 2 saturated heterocycles. The zero-order valence-corrected chi connectivity index (χ0v) is 17.8. The molecule has 0 N–H and O–H groups in total. The maximum Gasteiger partial charge on any atom is 0.274 e. The first-order chi connectivity index (χ1) is 14.4. The van der Waals surface area contributed by atoms with E-state index in [4.69, 9.17) is 9.47 Å². The van der Waals surface area contributed by atoms with Crippen LogP contribution in [0.1, 0.15) is 48.3 Å². The lowest BCUT2D eigenvalue weighted by Gasteiger charge is -2.46. The summed E-state index contributed by atoms with van der Waals surface area (Å²) >= 11 is 0. The quantitative estimate of drug-likeness (QED) is 0.747. The van der Waals surface area contributed by atoms with Crippen LogP contribution in [0.15, 0.2) is 30.3 Å². The molecule has 6 nitrogen and oxygen atoms in total. The van der Waals surface area contributed by atoms with Gasteiger partial charge in [-0.05, 0) is 75.3 Å². The number of carbonyl (C=O) groups excluding carboxylic acids is 1. The fraction of sp³-hybridized carbons (Fsp3) is 0.565. The minimum absolute atomic E-state index is 0.00797. The van der Waals surface area contributed by atoms with E-state index in [0.29, 0.717) is 37.1 Å². The predicted octanol–water partition coefficient (Wildman–Crippen LogP) is 3.74. The van der Waals surface area contributed by atoms with Crippen molar-refractivity contribution in [3.63, 3.8) is 0 Å². The monoisotopic (exact) mass is 415 g/mol. The standard InChI is InChI=1S/C23H30FN3O3/c1-17-15-21(25-26(17)2)22(28)27-11-9-23(10-12-27)16-18(8-14-30-23)7-13-29-20-5-3-19(24)4-6-20/h3-6,15,18H,7-14,16H2,1-2H3. The van der Waals surface area contributed by atoms with E-state index >= 15 is 0 Å². The highest BCUT2D eigenvalue weighted by Crippen LogP contribution is 2.39. The summed E-state index contributed by atoms with van der Waals surface area (Å²) in [5, 5.41) is 4.32. The molecule has 2 fully saturated rings. The van der Waals surface area contributed by atoms with Gasteiger partial charge >= 0.3 is 0 Å². The largest absolute Gasteiger partial charge is 0.494 e. The van der Waals surface area contributed by atoms with Crippen molar-refractivity contribution >= 4 is 5.91 Å². The van der Waals surface area contributed by atoms with E-state index in [-0.39, 0.29) is 17.3 Å². The average Bonchev–Trinajstić information content (AvgIpc) is 3.08. The van der Waals surface area contributed by atoms with Gasteiger partial charge in [-0.2, -0.15) is 5.10 Å². The van der Waals surface area contributed by atoms with Crippen LogP contribution in [0, 0.1) is 18.7 Å². The maximum absolute atomic E-state index is 13.0. The summed E-state index contributed by atoms with van der Waals surface area (Å²) in [6, 6.07) is 8.01. The predicted molar refractivity (Wildman–Crippen MR) is 111 cm³/mol. The third-order valence-corrected chi connectivity index (χ3v) is 6.50. The number of amides is 1. The molecule has 2 aliphatic heterocycles. The fourth-order valence-electron chi connectivity index (χ4n) is 4.54. The van der Waals surface area contributed by atoms with Crippen LogP contribution in [0.5, 0.6) is 5.75 Å². The van der Waals surface area contributed by atoms with Gasteiger partial charge in [-0.1, -0.05) is 0 Å². The molecule has 0 aliphatic carbocycles. The Hall–Kier alpha value is -2.41. The Kier molecular flexibility index (Phi) is 6.09. The molecule has 2 aliphatic rings. The number of halogens is 1. The van der Waals surface area contributed by atoms with Gasteiger partial charge in [0.25, 0.3) is 5.91 Å². The summed E-state index contributed by atoms with van der Waals surface area (Å²) in [5.74, 6) is 1.000. The third-order valence-electron chi connectivity index (χ3n) is 6.50. The highest BCUT2D eigenvalue weighted by atomic mass is 19.1. The van der Waals surface area contributed by atoms with Crippen LogP contribution in [-0.2, 0) is 11.8 Å². The van der Waals surface area contributed by atoms with Gasteiger partial charge in [-0.15, -0.1) is 0 Å². The second-order valence-corrected chi connectivity index (χ2v) is 8.57. The molecule has 1 unspecified atom stereocenters. The number of nitrogens with zero attached hydrogens (tertiary/aromatic N) is 3. The Bertz CT molecular complexity index is 853. The number of hydrogen-bond acceptors (Lipinski definition) is 4. The Morgan fingerprint density at radius 1 is 1.30 bits per heavy atom. The summed E-state index contributed by atoms with van der Waals surface area (Å²) in [7, 11) is 1.85. The highest BCUT2D eigenvalue weighted by molar-refractivity contribution is 5.92. The van der Waals surface area contributed by atoms with Crippen LogP contribution in [0.3, 0.4) is 0 Å². The van der Waals surface area contributed by atoms with Crippen molar-refractivity contribution in [2.45, 2.75) is 44.6 Å². The lowest BCUT2D eigenvalue weighted by Crippen LogP contribution is -2.51.